The average Bonchev–Trinajstić information content (AvgIpc) is 2.84. The predicted octanol–water partition coefficient (Wildman–Crippen LogP) is 2.37. The van der Waals surface area contributed by atoms with E-state index in [2.05, 4.69) is 20.6 Å². The molecule has 1 aliphatic rings. The molecule has 1 aromatic carbocycles. The van der Waals surface area contributed by atoms with Gasteiger partial charge >= 0.3 is 0 Å². The number of imidazole rings is 1. The van der Waals surface area contributed by atoms with Gasteiger partial charge in [-0.15, -0.1) is 0 Å². The third-order valence-corrected chi connectivity index (χ3v) is 3.61. The molecule has 104 valence electrons. The van der Waals surface area contributed by atoms with E-state index in [1.54, 1.807) is 24.5 Å². The van der Waals surface area contributed by atoms with Gasteiger partial charge in [0.15, 0.2) is 0 Å². The topological polar surface area (TPSA) is 69.8 Å². The first kappa shape index (κ1) is 13.4. The van der Waals surface area contributed by atoms with E-state index < -0.39 is 0 Å². The number of carbonyl (C=O) groups is 1. The van der Waals surface area contributed by atoms with Gasteiger partial charge in [0.25, 0.3) is 0 Å². The van der Waals surface area contributed by atoms with Gasteiger partial charge in [-0.05, 0) is 18.2 Å². The fourth-order valence-electron chi connectivity index (χ4n) is 2.21. The molecule has 0 radical (unpaired) electrons. The number of carbonyl (C=O) groups excluding carboxylic acids is 1. The minimum atomic E-state index is -0.316. The maximum Gasteiger partial charge on any atom is 0.241 e. The molecule has 3 rings (SSSR count). The number of halogens is 2. The van der Waals surface area contributed by atoms with Gasteiger partial charge < -0.3 is 10.3 Å². The van der Waals surface area contributed by atoms with E-state index in [1.165, 1.54) is 0 Å². The number of nitrogens with one attached hydrogen (secondary N) is 3. The van der Waals surface area contributed by atoms with Crippen molar-refractivity contribution < 1.29 is 4.79 Å². The lowest BCUT2D eigenvalue weighted by atomic mass is 10.0. The summed E-state index contributed by atoms with van der Waals surface area (Å²) < 4.78 is 0. The summed E-state index contributed by atoms with van der Waals surface area (Å²) in [4.78, 5) is 19.5. The molecule has 0 fully saturated rings. The molecule has 7 heteroatoms. The van der Waals surface area contributed by atoms with Crippen LogP contribution in [0.4, 0.5) is 5.69 Å². The van der Waals surface area contributed by atoms with E-state index in [-0.39, 0.29) is 11.9 Å². The number of hydrogen-bond donors (Lipinski definition) is 3. The summed E-state index contributed by atoms with van der Waals surface area (Å²) >= 11 is 11.8. The standard InChI is InChI=1S/C13H12Cl2N4O/c14-7-1-8(15)3-9(2-7)19-13(20)11-4-10-12(5-16-11)18-6-17-10/h1-3,6,11,16H,4-5H2,(H,17,18)(H,19,20). The maximum atomic E-state index is 12.2. The zero-order chi connectivity index (χ0) is 14.1. The number of hydrogen-bond acceptors (Lipinski definition) is 3. The van der Waals surface area contributed by atoms with Crippen molar-refractivity contribution >= 4 is 34.8 Å². The Balaban J connectivity index is 1.71. The second kappa shape index (κ2) is 5.44. The average molecular weight is 311 g/mol. The van der Waals surface area contributed by atoms with Crippen molar-refractivity contribution in [1.82, 2.24) is 15.3 Å². The molecule has 0 bridgehead atoms. The van der Waals surface area contributed by atoms with Gasteiger partial charge in [0.1, 0.15) is 0 Å². The van der Waals surface area contributed by atoms with Crippen LogP contribution in [-0.4, -0.2) is 21.9 Å². The molecule has 1 aromatic heterocycles. The molecule has 20 heavy (non-hydrogen) atoms. The van der Waals surface area contributed by atoms with Crippen molar-refractivity contribution in [3.05, 3.63) is 46.0 Å². The van der Waals surface area contributed by atoms with Crippen LogP contribution in [0.2, 0.25) is 10.0 Å². The molecule has 1 amide bonds. The van der Waals surface area contributed by atoms with E-state index in [0.29, 0.717) is 28.7 Å². The van der Waals surface area contributed by atoms with Crippen LogP contribution in [0, 0.1) is 0 Å². The summed E-state index contributed by atoms with van der Waals surface area (Å²) in [5.41, 5.74) is 2.54. The Morgan fingerprint density at radius 2 is 2.05 bits per heavy atom. The van der Waals surface area contributed by atoms with Gasteiger partial charge in [0.2, 0.25) is 5.91 Å². The molecule has 0 aliphatic carbocycles. The number of rotatable bonds is 2. The van der Waals surface area contributed by atoms with Gasteiger partial charge in [-0.1, -0.05) is 23.2 Å². The van der Waals surface area contributed by atoms with E-state index in [0.717, 1.165) is 11.4 Å². The first-order valence-corrected chi connectivity index (χ1v) is 6.89. The minimum absolute atomic E-state index is 0.128. The number of aromatic amines is 1. The molecular formula is C13H12Cl2N4O. The zero-order valence-electron chi connectivity index (χ0n) is 10.4. The number of fused-ring (bicyclic) bond motifs is 1. The van der Waals surface area contributed by atoms with Gasteiger partial charge in [-0.3, -0.25) is 10.1 Å². The van der Waals surface area contributed by atoms with E-state index in [4.69, 9.17) is 23.2 Å². The molecule has 1 aliphatic heterocycles. The molecule has 2 aromatic rings. The highest BCUT2D eigenvalue weighted by Crippen LogP contribution is 2.23. The Hall–Kier alpha value is -1.56. The van der Waals surface area contributed by atoms with Crippen LogP contribution < -0.4 is 10.6 Å². The fraction of sp³-hybridized carbons (Fsp3) is 0.231. The monoisotopic (exact) mass is 310 g/mol. The lowest BCUT2D eigenvalue weighted by Gasteiger charge is -2.22. The summed E-state index contributed by atoms with van der Waals surface area (Å²) in [5, 5.41) is 6.94. The van der Waals surface area contributed by atoms with Gasteiger partial charge in [0, 0.05) is 28.7 Å². The number of amides is 1. The second-order valence-corrected chi connectivity index (χ2v) is 5.49. The summed E-state index contributed by atoms with van der Waals surface area (Å²) in [7, 11) is 0. The van der Waals surface area contributed by atoms with Crippen molar-refractivity contribution in [2.45, 2.75) is 19.0 Å². The van der Waals surface area contributed by atoms with Crippen molar-refractivity contribution in [1.29, 1.82) is 0 Å². The number of nitrogens with zero attached hydrogens (tertiary/aromatic N) is 1. The largest absolute Gasteiger partial charge is 0.347 e. The van der Waals surface area contributed by atoms with Crippen LogP contribution in [0.1, 0.15) is 11.4 Å². The van der Waals surface area contributed by atoms with Crippen LogP contribution in [0.15, 0.2) is 24.5 Å². The zero-order valence-corrected chi connectivity index (χ0v) is 11.9. The fourth-order valence-corrected chi connectivity index (χ4v) is 2.74. The molecule has 5 nitrogen and oxygen atoms in total. The Kier molecular flexibility index (Phi) is 3.65. The van der Waals surface area contributed by atoms with Crippen LogP contribution in [0.5, 0.6) is 0 Å². The molecule has 0 saturated carbocycles. The summed E-state index contributed by atoms with van der Waals surface area (Å²) in [6.07, 6.45) is 2.20. The third-order valence-electron chi connectivity index (χ3n) is 3.18. The minimum Gasteiger partial charge on any atom is -0.347 e. The maximum absolute atomic E-state index is 12.2. The molecule has 0 saturated heterocycles. The Morgan fingerprint density at radius 3 is 2.80 bits per heavy atom. The molecule has 0 spiro atoms. The van der Waals surface area contributed by atoms with Crippen LogP contribution in [0.3, 0.4) is 0 Å². The number of benzene rings is 1. The first-order valence-electron chi connectivity index (χ1n) is 6.13. The van der Waals surface area contributed by atoms with Crippen molar-refractivity contribution in [3.8, 4) is 0 Å². The highest BCUT2D eigenvalue weighted by molar-refractivity contribution is 6.35. The molecule has 1 atom stereocenters. The molecule has 3 N–H and O–H groups in total. The number of anilines is 1. The van der Waals surface area contributed by atoms with Crippen molar-refractivity contribution in [2.24, 2.45) is 0 Å². The Morgan fingerprint density at radius 1 is 1.30 bits per heavy atom. The van der Waals surface area contributed by atoms with Gasteiger partial charge in [0.05, 0.1) is 23.8 Å². The molecular weight excluding hydrogens is 299 g/mol. The van der Waals surface area contributed by atoms with Crippen LogP contribution in [0.25, 0.3) is 0 Å². The van der Waals surface area contributed by atoms with E-state index in [9.17, 15) is 4.79 Å². The number of aromatic nitrogens is 2. The Bertz CT molecular complexity index is 635. The number of H-pyrrole nitrogens is 1. The molecule has 2 heterocycles. The first-order chi connectivity index (χ1) is 9.61. The van der Waals surface area contributed by atoms with Crippen LogP contribution in [-0.2, 0) is 17.8 Å². The normalized spacial score (nSPS) is 17.6. The van der Waals surface area contributed by atoms with E-state index >= 15 is 0 Å². The quantitative estimate of drug-likeness (QED) is 0.797. The van der Waals surface area contributed by atoms with E-state index in [1.807, 2.05) is 0 Å². The SMILES string of the molecule is O=C(Nc1cc(Cl)cc(Cl)c1)C1Cc2nc[nH]c2CN1. The summed E-state index contributed by atoms with van der Waals surface area (Å²) in [6, 6.07) is 4.62. The second-order valence-electron chi connectivity index (χ2n) is 4.61. The lowest BCUT2D eigenvalue weighted by molar-refractivity contribution is -0.118. The van der Waals surface area contributed by atoms with Crippen molar-refractivity contribution in [3.63, 3.8) is 0 Å². The summed E-state index contributed by atoms with van der Waals surface area (Å²) in [5.74, 6) is -0.128. The van der Waals surface area contributed by atoms with Crippen molar-refractivity contribution in [2.75, 3.05) is 5.32 Å². The smallest absolute Gasteiger partial charge is 0.241 e. The van der Waals surface area contributed by atoms with Gasteiger partial charge in [-0.2, -0.15) is 0 Å². The summed E-state index contributed by atoms with van der Waals surface area (Å²) in [6.45, 7) is 0.601. The highest BCUT2D eigenvalue weighted by atomic mass is 35.5. The third kappa shape index (κ3) is 2.80. The predicted molar refractivity (Wildman–Crippen MR) is 78.0 cm³/mol. The molecule has 1 unspecified atom stereocenters. The van der Waals surface area contributed by atoms with Gasteiger partial charge in [-0.25, -0.2) is 4.98 Å². The Labute approximate surface area is 125 Å². The van der Waals surface area contributed by atoms with Crippen LogP contribution >= 0.6 is 23.2 Å². The highest BCUT2D eigenvalue weighted by Gasteiger charge is 2.25. The lowest BCUT2D eigenvalue weighted by Crippen LogP contribution is -2.44.